The summed E-state index contributed by atoms with van der Waals surface area (Å²) in [5, 5.41) is 0. The predicted molar refractivity (Wildman–Crippen MR) is 135 cm³/mol. The lowest BCUT2D eigenvalue weighted by Crippen LogP contribution is -2.42. The van der Waals surface area contributed by atoms with Gasteiger partial charge in [0.05, 0.1) is 18.5 Å². The SMILES string of the molecule is CC1(C)CC(c2cc(Br)cc(F)c2F)OP(=O)(OC[C@H]2O[C@@H](n3cnc4c(N)ncnc43)[C@]3(C)OC(=O)O[C@H]23)O1. The zero-order valence-corrected chi connectivity index (χ0v) is 23.7. The lowest BCUT2D eigenvalue weighted by molar-refractivity contribution is -0.0990. The van der Waals surface area contributed by atoms with Crippen molar-refractivity contribution in [2.75, 3.05) is 12.3 Å². The summed E-state index contributed by atoms with van der Waals surface area (Å²) in [6.07, 6.45) is -2.38. The van der Waals surface area contributed by atoms with Gasteiger partial charge in [0.15, 0.2) is 41.0 Å². The zero-order valence-electron chi connectivity index (χ0n) is 21.2. The largest absolute Gasteiger partial charge is 0.509 e. The van der Waals surface area contributed by atoms with Crippen LogP contribution in [0.4, 0.5) is 19.4 Å². The maximum Gasteiger partial charge on any atom is 0.509 e. The topological polar surface area (TPSA) is 159 Å². The van der Waals surface area contributed by atoms with Crippen LogP contribution < -0.4 is 5.73 Å². The third-order valence-corrected chi connectivity index (χ3v) is 9.07. The highest BCUT2D eigenvalue weighted by Crippen LogP contribution is 2.62. The van der Waals surface area contributed by atoms with Gasteiger partial charge in [-0.2, -0.15) is 0 Å². The van der Waals surface area contributed by atoms with Gasteiger partial charge in [-0.15, -0.1) is 0 Å². The van der Waals surface area contributed by atoms with Gasteiger partial charge < -0.3 is 19.9 Å². The third kappa shape index (κ3) is 4.56. The standard InChI is InChI=1S/C23H23BrF2N5O8P/c1-22(2)6-13(11-4-10(24)5-12(25)15(11)26)38-40(33,39-22)34-7-14-17-23(3,37-21(32)36-17)20(35-14)31-9-30-16-18(27)28-8-29-19(16)31/h4-5,8-9,13-14,17,20H,6-7H2,1-3H3,(H2,27,28,29)/t13?,14-,17-,20-,23-,40?/m1/s1. The van der Waals surface area contributed by atoms with E-state index in [0.29, 0.717) is 11.2 Å². The van der Waals surface area contributed by atoms with E-state index in [1.807, 2.05) is 0 Å². The van der Waals surface area contributed by atoms with E-state index in [0.717, 1.165) is 6.07 Å². The van der Waals surface area contributed by atoms with Crippen molar-refractivity contribution in [3.63, 3.8) is 0 Å². The Bertz CT molecular complexity index is 1580. The van der Waals surface area contributed by atoms with Crippen LogP contribution in [0.25, 0.3) is 11.2 Å². The number of nitrogens with zero attached hydrogens (tertiary/aromatic N) is 4. The molecule has 0 bridgehead atoms. The molecule has 2 unspecified atom stereocenters. The van der Waals surface area contributed by atoms with Gasteiger partial charge in [-0.05, 0) is 32.9 Å². The number of benzene rings is 1. The molecule has 214 valence electrons. The highest BCUT2D eigenvalue weighted by atomic mass is 79.9. The normalized spacial score (nSPS) is 33.1. The van der Waals surface area contributed by atoms with Crippen molar-refractivity contribution in [3.05, 3.63) is 46.5 Å². The van der Waals surface area contributed by atoms with Crippen molar-refractivity contribution in [1.29, 1.82) is 0 Å². The Labute approximate surface area is 234 Å². The molecule has 0 amide bonds. The second-order valence-corrected chi connectivity index (χ2v) is 12.8. The maximum atomic E-state index is 14.7. The molecule has 3 aliphatic rings. The van der Waals surface area contributed by atoms with Gasteiger partial charge in [-0.3, -0.25) is 18.1 Å². The number of anilines is 1. The first-order valence-electron chi connectivity index (χ1n) is 12.0. The number of hydrogen-bond donors (Lipinski definition) is 1. The van der Waals surface area contributed by atoms with E-state index in [-0.39, 0.29) is 22.3 Å². The zero-order chi connectivity index (χ0) is 28.6. The number of nitrogens with two attached hydrogens (primary N) is 1. The summed E-state index contributed by atoms with van der Waals surface area (Å²) in [5.41, 5.74) is 3.92. The Hall–Kier alpha value is -2.75. The van der Waals surface area contributed by atoms with Crippen LogP contribution in [0.2, 0.25) is 0 Å². The number of carbonyl (C=O) groups is 1. The summed E-state index contributed by atoms with van der Waals surface area (Å²) >= 11 is 3.14. The quantitative estimate of drug-likeness (QED) is 0.231. The van der Waals surface area contributed by atoms with Crippen LogP contribution in [0.15, 0.2) is 29.3 Å². The summed E-state index contributed by atoms with van der Waals surface area (Å²) in [7, 11) is -4.38. The molecule has 2 N–H and O–H groups in total. The third-order valence-electron chi connectivity index (χ3n) is 6.92. The molecule has 2 aromatic heterocycles. The van der Waals surface area contributed by atoms with Crippen LogP contribution in [0, 0.1) is 11.6 Å². The highest BCUT2D eigenvalue weighted by molar-refractivity contribution is 9.10. The molecule has 3 aromatic rings. The Morgan fingerprint density at radius 2 is 2.02 bits per heavy atom. The number of phosphoric acid groups is 1. The number of fused-ring (bicyclic) bond motifs is 2. The number of halogens is 3. The van der Waals surface area contributed by atoms with Gasteiger partial charge in [0.1, 0.15) is 24.1 Å². The molecule has 3 fully saturated rings. The second-order valence-electron chi connectivity index (χ2n) is 10.4. The smallest absolute Gasteiger partial charge is 0.424 e. The first-order chi connectivity index (χ1) is 18.8. The van der Waals surface area contributed by atoms with Crippen LogP contribution in [-0.4, -0.2) is 55.7 Å². The molecule has 6 rings (SSSR count). The van der Waals surface area contributed by atoms with Gasteiger partial charge in [-0.1, -0.05) is 15.9 Å². The summed E-state index contributed by atoms with van der Waals surface area (Å²) in [4.78, 5) is 24.6. The highest BCUT2D eigenvalue weighted by Gasteiger charge is 2.65. The fourth-order valence-electron chi connectivity index (χ4n) is 5.20. The van der Waals surface area contributed by atoms with Gasteiger partial charge in [0, 0.05) is 16.5 Å². The van der Waals surface area contributed by atoms with Crippen molar-refractivity contribution in [3.8, 4) is 0 Å². The first kappa shape index (κ1) is 27.4. The molecule has 5 heterocycles. The van der Waals surface area contributed by atoms with Crippen molar-refractivity contribution in [2.45, 2.75) is 62.9 Å². The number of phosphoric ester groups is 1. The molecule has 17 heteroatoms. The number of imidazole rings is 1. The molecule has 1 aromatic carbocycles. The monoisotopic (exact) mass is 645 g/mol. The fraction of sp³-hybridized carbons (Fsp3) is 0.478. The van der Waals surface area contributed by atoms with Gasteiger partial charge >= 0.3 is 14.0 Å². The summed E-state index contributed by atoms with van der Waals surface area (Å²) in [6.45, 7) is 4.40. The first-order valence-corrected chi connectivity index (χ1v) is 14.3. The molecular weight excluding hydrogens is 623 g/mol. The summed E-state index contributed by atoms with van der Waals surface area (Å²) in [6, 6.07) is 2.31. The van der Waals surface area contributed by atoms with Crippen LogP contribution in [0.3, 0.4) is 0 Å². The van der Waals surface area contributed by atoms with E-state index in [2.05, 4.69) is 30.9 Å². The van der Waals surface area contributed by atoms with Crippen LogP contribution in [0.5, 0.6) is 0 Å². The Kier molecular flexibility index (Phi) is 6.44. The molecule has 0 aliphatic carbocycles. The van der Waals surface area contributed by atoms with E-state index in [1.54, 1.807) is 20.8 Å². The Morgan fingerprint density at radius 3 is 2.80 bits per heavy atom. The molecular formula is C23H23BrF2N5O8P. The van der Waals surface area contributed by atoms with E-state index >= 15 is 0 Å². The minimum absolute atomic E-state index is 0.0556. The average molecular weight is 646 g/mol. The fourth-order valence-corrected chi connectivity index (χ4v) is 7.31. The van der Waals surface area contributed by atoms with Gasteiger partial charge in [0.25, 0.3) is 0 Å². The minimum Gasteiger partial charge on any atom is -0.424 e. The molecule has 40 heavy (non-hydrogen) atoms. The number of ether oxygens (including phenoxy) is 3. The summed E-state index contributed by atoms with van der Waals surface area (Å²) < 4.78 is 78.2. The van der Waals surface area contributed by atoms with Crippen molar-refractivity contribution >= 4 is 46.9 Å². The number of rotatable bonds is 5. The number of nitrogen functional groups attached to an aromatic ring is 1. The Balaban J connectivity index is 1.27. The van der Waals surface area contributed by atoms with Crippen molar-refractivity contribution < 1.29 is 45.9 Å². The van der Waals surface area contributed by atoms with E-state index in [9.17, 15) is 18.1 Å². The number of aromatic nitrogens is 4. The predicted octanol–water partition coefficient (Wildman–Crippen LogP) is 4.72. The number of carbonyl (C=O) groups excluding carboxylic acids is 1. The molecule has 3 aliphatic heterocycles. The summed E-state index contributed by atoms with van der Waals surface area (Å²) in [5.74, 6) is -2.09. The molecule has 3 saturated heterocycles. The number of hydrogen-bond acceptors (Lipinski definition) is 12. The lowest BCUT2D eigenvalue weighted by atomic mass is 9.96. The second kappa shape index (κ2) is 9.39. The maximum absolute atomic E-state index is 14.7. The van der Waals surface area contributed by atoms with Gasteiger partial charge in [-0.25, -0.2) is 33.1 Å². The van der Waals surface area contributed by atoms with Crippen LogP contribution in [0.1, 0.15) is 45.1 Å². The molecule has 0 radical (unpaired) electrons. The van der Waals surface area contributed by atoms with Crippen LogP contribution in [-0.2, 0) is 32.3 Å². The van der Waals surface area contributed by atoms with Crippen molar-refractivity contribution in [2.24, 2.45) is 0 Å². The molecule has 6 atom stereocenters. The molecule has 0 spiro atoms. The van der Waals surface area contributed by atoms with Gasteiger partial charge in [0.2, 0.25) is 0 Å². The van der Waals surface area contributed by atoms with E-state index in [4.69, 9.17) is 33.5 Å². The molecule has 0 saturated carbocycles. The lowest BCUT2D eigenvalue weighted by Gasteiger charge is -2.39. The van der Waals surface area contributed by atoms with Crippen molar-refractivity contribution in [1.82, 2.24) is 19.5 Å². The average Bonchev–Trinajstić information content (AvgIpc) is 3.48. The Morgan fingerprint density at radius 1 is 1.25 bits per heavy atom. The van der Waals surface area contributed by atoms with E-state index in [1.165, 1.54) is 23.3 Å². The van der Waals surface area contributed by atoms with Crippen LogP contribution >= 0.6 is 23.8 Å². The van der Waals surface area contributed by atoms with E-state index < -0.39 is 68.0 Å². The minimum atomic E-state index is -4.38. The molecule has 13 nitrogen and oxygen atoms in total.